The molecule has 1 rings (SSSR count). The molecule has 0 aromatic rings. The third kappa shape index (κ3) is 3.89. The van der Waals surface area contributed by atoms with Gasteiger partial charge in [0.15, 0.2) is 0 Å². The standard InChI is InChI=1S/C13H26N2O/c1-3-13(10-14,11-16-2)15-9-8-12-6-4-5-7-12/h6,15H,3-5,7-11,14H2,1-2H3. The normalized spacial score (nSPS) is 19.6. The summed E-state index contributed by atoms with van der Waals surface area (Å²) in [4.78, 5) is 0. The second-order valence-electron chi connectivity index (χ2n) is 4.70. The number of ether oxygens (including phenoxy) is 1. The minimum absolute atomic E-state index is 0.0338. The Balaban J connectivity index is 2.31. The van der Waals surface area contributed by atoms with E-state index in [2.05, 4.69) is 18.3 Å². The number of hydrogen-bond donors (Lipinski definition) is 2. The molecule has 0 aliphatic heterocycles. The van der Waals surface area contributed by atoms with E-state index in [0.717, 1.165) is 19.4 Å². The van der Waals surface area contributed by atoms with Gasteiger partial charge in [-0.05, 0) is 38.6 Å². The first-order valence-corrected chi connectivity index (χ1v) is 6.38. The first-order valence-electron chi connectivity index (χ1n) is 6.38. The highest BCUT2D eigenvalue weighted by Gasteiger charge is 2.25. The predicted molar refractivity (Wildman–Crippen MR) is 68.5 cm³/mol. The fourth-order valence-corrected chi connectivity index (χ4v) is 2.28. The topological polar surface area (TPSA) is 47.3 Å². The second-order valence-corrected chi connectivity index (χ2v) is 4.70. The molecule has 1 unspecified atom stereocenters. The van der Waals surface area contributed by atoms with Gasteiger partial charge < -0.3 is 15.8 Å². The fourth-order valence-electron chi connectivity index (χ4n) is 2.28. The molecule has 0 heterocycles. The molecule has 0 spiro atoms. The molecule has 0 amide bonds. The van der Waals surface area contributed by atoms with Crippen LogP contribution < -0.4 is 11.1 Å². The Morgan fingerprint density at radius 1 is 1.56 bits per heavy atom. The Bertz CT molecular complexity index is 222. The number of nitrogens with two attached hydrogens (primary N) is 1. The third-order valence-corrected chi connectivity index (χ3v) is 3.57. The van der Waals surface area contributed by atoms with Crippen molar-refractivity contribution in [3.63, 3.8) is 0 Å². The number of rotatable bonds is 8. The zero-order valence-corrected chi connectivity index (χ0v) is 10.7. The fraction of sp³-hybridized carbons (Fsp3) is 0.846. The summed E-state index contributed by atoms with van der Waals surface area (Å²) in [5.74, 6) is 0. The number of methoxy groups -OCH3 is 1. The van der Waals surface area contributed by atoms with E-state index in [-0.39, 0.29) is 5.54 Å². The lowest BCUT2D eigenvalue weighted by Crippen LogP contribution is -2.54. The van der Waals surface area contributed by atoms with E-state index < -0.39 is 0 Å². The Kier molecular flexibility index (Phi) is 6.03. The van der Waals surface area contributed by atoms with Crippen molar-refractivity contribution in [3.8, 4) is 0 Å². The van der Waals surface area contributed by atoms with Crippen LogP contribution in [0.2, 0.25) is 0 Å². The van der Waals surface area contributed by atoms with Crippen LogP contribution in [0.15, 0.2) is 11.6 Å². The molecule has 3 heteroatoms. The molecule has 0 radical (unpaired) electrons. The number of allylic oxidation sites excluding steroid dienone is 1. The SMILES string of the molecule is CCC(CN)(COC)NCCC1=CCCC1. The molecule has 16 heavy (non-hydrogen) atoms. The van der Waals surface area contributed by atoms with Crippen molar-refractivity contribution in [2.24, 2.45) is 5.73 Å². The summed E-state index contributed by atoms with van der Waals surface area (Å²) in [6, 6.07) is 0. The van der Waals surface area contributed by atoms with E-state index >= 15 is 0 Å². The Morgan fingerprint density at radius 2 is 2.38 bits per heavy atom. The number of nitrogens with one attached hydrogen (secondary N) is 1. The molecular formula is C13H26N2O. The van der Waals surface area contributed by atoms with Crippen molar-refractivity contribution in [2.75, 3.05) is 26.8 Å². The molecule has 0 saturated carbocycles. The maximum Gasteiger partial charge on any atom is 0.0656 e. The monoisotopic (exact) mass is 226 g/mol. The van der Waals surface area contributed by atoms with Gasteiger partial charge in [-0.25, -0.2) is 0 Å². The predicted octanol–water partition coefficient (Wildman–Crippen LogP) is 1.83. The van der Waals surface area contributed by atoms with Crippen LogP contribution in [-0.2, 0) is 4.74 Å². The van der Waals surface area contributed by atoms with Crippen LogP contribution in [0.25, 0.3) is 0 Å². The first-order chi connectivity index (χ1) is 7.76. The molecule has 1 aliphatic carbocycles. The molecule has 94 valence electrons. The smallest absolute Gasteiger partial charge is 0.0656 e. The van der Waals surface area contributed by atoms with Crippen LogP contribution >= 0.6 is 0 Å². The summed E-state index contributed by atoms with van der Waals surface area (Å²) < 4.78 is 5.25. The highest BCUT2D eigenvalue weighted by atomic mass is 16.5. The first kappa shape index (κ1) is 13.7. The van der Waals surface area contributed by atoms with Gasteiger partial charge in [0.05, 0.1) is 12.1 Å². The summed E-state index contributed by atoms with van der Waals surface area (Å²) in [5, 5.41) is 3.57. The lowest BCUT2D eigenvalue weighted by atomic mass is 9.97. The van der Waals surface area contributed by atoms with E-state index in [9.17, 15) is 0 Å². The van der Waals surface area contributed by atoms with Gasteiger partial charge in [0.1, 0.15) is 0 Å². The van der Waals surface area contributed by atoms with Crippen LogP contribution in [0, 0.1) is 0 Å². The second kappa shape index (κ2) is 7.05. The van der Waals surface area contributed by atoms with Gasteiger partial charge in [-0.15, -0.1) is 0 Å². The molecule has 0 bridgehead atoms. The van der Waals surface area contributed by atoms with Crippen LogP contribution in [0.1, 0.15) is 39.0 Å². The molecule has 0 aromatic carbocycles. The Morgan fingerprint density at radius 3 is 2.88 bits per heavy atom. The van der Waals surface area contributed by atoms with Gasteiger partial charge in [-0.3, -0.25) is 0 Å². The summed E-state index contributed by atoms with van der Waals surface area (Å²) in [5.41, 5.74) is 7.41. The quantitative estimate of drug-likeness (QED) is 0.621. The van der Waals surface area contributed by atoms with Gasteiger partial charge in [-0.1, -0.05) is 18.6 Å². The highest BCUT2D eigenvalue weighted by molar-refractivity contribution is 5.07. The molecular weight excluding hydrogens is 200 g/mol. The zero-order valence-electron chi connectivity index (χ0n) is 10.7. The molecule has 1 aliphatic rings. The molecule has 3 nitrogen and oxygen atoms in total. The van der Waals surface area contributed by atoms with E-state index in [1.807, 2.05) is 0 Å². The minimum Gasteiger partial charge on any atom is -0.383 e. The maximum atomic E-state index is 5.84. The van der Waals surface area contributed by atoms with Crippen molar-refractivity contribution >= 4 is 0 Å². The molecule has 1 atom stereocenters. The lowest BCUT2D eigenvalue weighted by Gasteiger charge is -2.32. The third-order valence-electron chi connectivity index (χ3n) is 3.57. The largest absolute Gasteiger partial charge is 0.383 e. The van der Waals surface area contributed by atoms with Crippen molar-refractivity contribution in [1.29, 1.82) is 0 Å². The summed E-state index contributed by atoms with van der Waals surface area (Å²) in [6.45, 7) is 4.50. The summed E-state index contributed by atoms with van der Waals surface area (Å²) in [7, 11) is 1.74. The van der Waals surface area contributed by atoms with E-state index in [0.29, 0.717) is 13.2 Å². The molecule has 3 N–H and O–H groups in total. The van der Waals surface area contributed by atoms with Crippen LogP contribution in [0.3, 0.4) is 0 Å². The molecule has 0 aromatic heterocycles. The Hall–Kier alpha value is -0.380. The Labute approximate surface area is 99.4 Å². The lowest BCUT2D eigenvalue weighted by molar-refractivity contribution is 0.110. The van der Waals surface area contributed by atoms with Gasteiger partial charge in [0, 0.05) is 13.7 Å². The molecule has 0 saturated heterocycles. The van der Waals surface area contributed by atoms with Crippen molar-refractivity contribution < 1.29 is 4.74 Å². The van der Waals surface area contributed by atoms with E-state index in [1.165, 1.54) is 19.3 Å². The summed E-state index contributed by atoms with van der Waals surface area (Å²) >= 11 is 0. The van der Waals surface area contributed by atoms with E-state index in [1.54, 1.807) is 12.7 Å². The van der Waals surface area contributed by atoms with Crippen molar-refractivity contribution in [1.82, 2.24) is 5.32 Å². The van der Waals surface area contributed by atoms with Gasteiger partial charge >= 0.3 is 0 Å². The van der Waals surface area contributed by atoms with E-state index in [4.69, 9.17) is 10.5 Å². The minimum atomic E-state index is -0.0338. The zero-order chi connectivity index (χ0) is 11.9. The van der Waals surface area contributed by atoms with Gasteiger partial charge in [-0.2, -0.15) is 0 Å². The van der Waals surface area contributed by atoms with Crippen LogP contribution in [0.5, 0.6) is 0 Å². The van der Waals surface area contributed by atoms with Crippen molar-refractivity contribution in [2.45, 2.75) is 44.6 Å². The van der Waals surface area contributed by atoms with Crippen molar-refractivity contribution in [3.05, 3.63) is 11.6 Å². The average Bonchev–Trinajstić information content (AvgIpc) is 2.81. The van der Waals surface area contributed by atoms with Gasteiger partial charge in [0.2, 0.25) is 0 Å². The number of hydrogen-bond acceptors (Lipinski definition) is 3. The summed E-state index contributed by atoms with van der Waals surface area (Å²) in [6.07, 6.45) is 8.44. The van der Waals surface area contributed by atoms with Crippen LogP contribution in [-0.4, -0.2) is 32.3 Å². The van der Waals surface area contributed by atoms with Gasteiger partial charge in [0.25, 0.3) is 0 Å². The average molecular weight is 226 g/mol. The maximum absolute atomic E-state index is 5.84. The molecule has 0 fully saturated rings. The highest BCUT2D eigenvalue weighted by Crippen LogP contribution is 2.20. The van der Waals surface area contributed by atoms with Crippen LogP contribution in [0.4, 0.5) is 0 Å².